The Morgan fingerprint density at radius 3 is 2.29 bits per heavy atom. The standard InChI is InChI=1S/C21H29N5O2/c1-6-28-21(27)26-9-7-25(8-10-26)18-13-17(5)22-20(23-18)24-19-15(3)11-14(2)12-16(19)4/h11-13H,6-10H2,1-5H3,(H,22,23,24). The quantitative estimate of drug-likeness (QED) is 0.867. The number of amides is 1. The normalized spacial score (nSPS) is 14.2. The number of carbonyl (C=O) groups is 1. The van der Waals surface area contributed by atoms with E-state index in [0.717, 1.165) is 30.3 Å². The SMILES string of the molecule is CCOC(=O)N1CCN(c2cc(C)nc(Nc3c(C)cc(C)cc3C)n2)CC1. The van der Waals surface area contributed by atoms with Gasteiger partial charge in [0.15, 0.2) is 0 Å². The van der Waals surface area contributed by atoms with Crippen LogP contribution in [0.4, 0.5) is 22.2 Å². The second kappa shape index (κ2) is 8.46. The molecular formula is C21H29N5O2. The van der Waals surface area contributed by atoms with E-state index >= 15 is 0 Å². The predicted octanol–water partition coefficient (Wildman–Crippen LogP) is 3.73. The molecule has 0 radical (unpaired) electrons. The molecule has 0 bridgehead atoms. The lowest BCUT2D eigenvalue weighted by Gasteiger charge is -2.34. The lowest BCUT2D eigenvalue weighted by molar-refractivity contribution is 0.105. The van der Waals surface area contributed by atoms with Gasteiger partial charge in [-0.3, -0.25) is 0 Å². The summed E-state index contributed by atoms with van der Waals surface area (Å²) >= 11 is 0. The highest BCUT2D eigenvalue weighted by molar-refractivity contribution is 5.68. The summed E-state index contributed by atoms with van der Waals surface area (Å²) in [6.07, 6.45) is -0.242. The van der Waals surface area contributed by atoms with Gasteiger partial charge in [-0.1, -0.05) is 17.7 Å². The number of hydrogen-bond donors (Lipinski definition) is 1. The van der Waals surface area contributed by atoms with Gasteiger partial charge in [-0.2, -0.15) is 4.98 Å². The van der Waals surface area contributed by atoms with Crippen molar-refractivity contribution < 1.29 is 9.53 Å². The summed E-state index contributed by atoms with van der Waals surface area (Å²) in [4.78, 5) is 25.1. The molecule has 150 valence electrons. The van der Waals surface area contributed by atoms with Crippen LogP contribution in [0.15, 0.2) is 18.2 Å². The Hall–Kier alpha value is -2.83. The third-order valence-corrected chi connectivity index (χ3v) is 4.88. The maximum absolute atomic E-state index is 11.9. The fraction of sp³-hybridized carbons (Fsp3) is 0.476. The molecule has 1 aliphatic heterocycles. The van der Waals surface area contributed by atoms with E-state index in [0.29, 0.717) is 25.6 Å². The van der Waals surface area contributed by atoms with Gasteiger partial charge >= 0.3 is 6.09 Å². The molecule has 0 atom stereocenters. The van der Waals surface area contributed by atoms with Gasteiger partial charge in [0.05, 0.1) is 6.61 Å². The molecule has 28 heavy (non-hydrogen) atoms. The minimum atomic E-state index is -0.242. The highest BCUT2D eigenvalue weighted by Crippen LogP contribution is 2.26. The third kappa shape index (κ3) is 4.52. The van der Waals surface area contributed by atoms with Crippen LogP contribution in [0.3, 0.4) is 0 Å². The zero-order chi connectivity index (χ0) is 20.3. The first-order valence-electron chi connectivity index (χ1n) is 9.74. The topological polar surface area (TPSA) is 70.6 Å². The zero-order valence-electron chi connectivity index (χ0n) is 17.4. The van der Waals surface area contributed by atoms with Gasteiger partial charge in [-0.15, -0.1) is 0 Å². The van der Waals surface area contributed by atoms with Crippen molar-refractivity contribution in [1.29, 1.82) is 0 Å². The van der Waals surface area contributed by atoms with Crippen LogP contribution in [0.1, 0.15) is 29.3 Å². The summed E-state index contributed by atoms with van der Waals surface area (Å²) in [5.74, 6) is 1.47. The van der Waals surface area contributed by atoms with Crippen LogP contribution in [0.5, 0.6) is 0 Å². The van der Waals surface area contributed by atoms with Crippen molar-refractivity contribution in [2.45, 2.75) is 34.6 Å². The molecular weight excluding hydrogens is 354 g/mol. The molecule has 2 heterocycles. The predicted molar refractivity (Wildman–Crippen MR) is 112 cm³/mol. The monoisotopic (exact) mass is 383 g/mol. The molecule has 0 saturated carbocycles. The molecule has 7 heteroatoms. The fourth-order valence-corrected chi connectivity index (χ4v) is 3.59. The minimum Gasteiger partial charge on any atom is -0.450 e. The van der Waals surface area contributed by atoms with E-state index in [1.807, 2.05) is 19.9 Å². The molecule has 1 fully saturated rings. The highest BCUT2D eigenvalue weighted by atomic mass is 16.6. The van der Waals surface area contributed by atoms with E-state index in [-0.39, 0.29) is 6.09 Å². The summed E-state index contributed by atoms with van der Waals surface area (Å²) in [5.41, 5.74) is 5.54. The summed E-state index contributed by atoms with van der Waals surface area (Å²) in [7, 11) is 0. The van der Waals surface area contributed by atoms with Crippen molar-refractivity contribution in [1.82, 2.24) is 14.9 Å². The molecule has 3 rings (SSSR count). The van der Waals surface area contributed by atoms with E-state index in [4.69, 9.17) is 9.72 Å². The lowest BCUT2D eigenvalue weighted by Crippen LogP contribution is -2.49. The summed E-state index contributed by atoms with van der Waals surface area (Å²) in [6.45, 7) is 13.2. The number of piperazine rings is 1. The molecule has 1 aromatic heterocycles. The Labute approximate surface area is 166 Å². The number of nitrogens with zero attached hydrogens (tertiary/aromatic N) is 4. The van der Waals surface area contributed by atoms with Crippen LogP contribution in [0, 0.1) is 27.7 Å². The largest absolute Gasteiger partial charge is 0.450 e. The Balaban J connectivity index is 1.75. The number of aromatic nitrogens is 2. The number of nitrogens with one attached hydrogen (secondary N) is 1. The number of benzene rings is 1. The highest BCUT2D eigenvalue weighted by Gasteiger charge is 2.23. The molecule has 1 saturated heterocycles. The molecule has 1 aliphatic rings. The molecule has 0 aliphatic carbocycles. The molecule has 1 N–H and O–H groups in total. The molecule has 1 aromatic carbocycles. The van der Waals surface area contributed by atoms with Crippen molar-refractivity contribution in [3.05, 3.63) is 40.6 Å². The Morgan fingerprint density at radius 1 is 1.04 bits per heavy atom. The molecule has 1 amide bonds. The van der Waals surface area contributed by atoms with Crippen LogP contribution in [-0.2, 0) is 4.74 Å². The van der Waals surface area contributed by atoms with Gasteiger partial charge in [0.1, 0.15) is 5.82 Å². The van der Waals surface area contributed by atoms with Crippen LogP contribution >= 0.6 is 0 Å². The third-order valence-electron chi connectivity index (χ3n) is 4.88. The van der Waals surface area contributed by atoms with Gasteiger partial charge in [-0.25, -0.2) is 9.78 Å². The number of ether oxygens (including phenoxy) is 1. The van der Waals surface area contributed by atoms with E-state index in [2.05, 4.69) is 48.1 Å². The number of aryl methyl sites for hydroxylation is 4. The van der Waals surface area contributed by atoms with Crippen molar-refractivity contribution in [3.8, 4) is 0 Å². The zero-order valence-corrected chi connectivity index (χ0v) is 17.4. The van der Waals surface area contributed by atoms with Crippen LogP contribution in [0.25, 0.3) is 0 Å². The molecule has 7 nitrogen and oxygen atoms in total. The summed E-state index contributed by atoms with van der Waals surface area (Å²) < 4.78 is 5.09. The van der Waals surface area contributed by atoms with Gasteiger partial charge in [-0.05, 0) is 45.7 Å². The van der Waals surface area contributed by atoms with Crippen LogP contribution in [-0.4, -0.2) is 53.7 Å². The average Bonchev–Trinajstić information content (AvgIpc) is 2.64. The number of carbonyl (C=O) groups excluding carboxylic acids is 1. The number of rotatable bonds is 4. The van der Waals surface area contributed by atoms with E-state index in [1.54, 1.807) is 4.90 Å². The van der Waals surface area contributed by atoms with E-state index in [9.17, 15) is 4.79 Å². The van der Waals surface area contributed by atoms with Gasteiger partial charge in [0.2, 0.25) is 5.95 Å². The van der Waals surface area contributed by atoms with Crippen molar-refractivity contribution in [2.24, 2.45) is 0 Å². The minimum absolute atomic E-state index is 0.242. The van der Waals surface area contributed by atoms with Crippen LogP contribution in [0.2, 0.25) is 0 Å². The van der Waals surface area contributed by atoms with E-state index in [1.165, 1.54) is 16.7 Å². The second-order valence-electron chi connectivity index (χ2n) is 7.26. The first kappa shape index (κ1) is 19.9. The van der Waals surface area contributed by atoms with Crippen molar-refractivity contribution in [3.63, 3.8) is 0 Å². The van der Waals surface area contributed by atoms with Crippen LogP contribution < -0.4 is 10.2 Å². The number of anilines is 3. The Morgan fingerprint density at radius 2 is 1.68 bits per heavy atom. The maximum atomic E-state index is 11.9. The molecule has 0 unspecified atom stereocenters. The van der Waals surface area contributed by atoms with Crippen molar-refractivity contribution >= 4 is 23.5 Å². The maximum Gasteiger partial charge on any atom is 0.409 e. The molecule has 2 aromatic rings. The first-order chi connectivity index (χ1) is 13.4. The van der Waals surface area contributed by atoms with Crippen molar-refractivity contribution in [2.75, 3.05) is 43.0 Å². The number of hydrogen-bond acceptors (Lipinski definition) is 6. The lowest BCUT2D eigenvalue weighted by atomic mass is 10.1. The summed E-state index contributed by atoms with van der Waals surface area (Å²) in [6, 6.07) is 6.29. The second-order valence-corrected chi connectivity index (χ2v) is 7.26. The Bertz CT molecular complexity index is 837. The fourth-order valence-electron chi connectivity index (χ4n) is 3.59. The molecule has 0 spiro atoms. The smallest absolute Gasteiger partial charge is 0.409 e. The van der Waals surface area contributed by atoms with Gasteiger partial charge in [0.25, 0.3) is 0 Å². The van der Waals surface area contributed by atoms with E-state index < -0.39 is 0 Å². The van der Waals surface area contributed by atoms with Gasteiger partial charge in [0, 0.05) is 43.6 Å². The first-order valence-corrected chi connectivity index (χ1v) is 9.74. The average molecular weight is 383 g/mol. The Kier molecular flexibility index (Phi) is 6.02. The van der Waals surface area contributed by atoms with Gasteiger partial charge < -0.3 is 19.9 Å². The summed E-state index contributed by atoms with van der Waals surface area (Å²) in [5, 5.41) is 3.40.